The van der Waals surface area contributed by atoms with E-state index in [4.69, 9.17) is 5.73 Å². The summed E-state index contributed by atoms with van der Waals surface area (Å²) in [5.41, 5.74) is 5.77. The van der Waals surface area contributed by atoms with Gasteiger partial charge in [-0.1, -0.05) is 13.8 Å². The number of aromatic hydroxyl groups is 1. The monoisotopic (exact) mass is 262 g/mol. The van der Waals surface area contributed by atoms with E-state index >= 15 is 0 Å². The van der Waals surface area contributed by atoms with E-state index in [1.165, 1.54) is 18.2 Å². The number of anilines is 2. The van der Waals surface area contributed by atoms with Crippen molar-refractivity contribution in [3.63, 3.8) is 0 Å². The molecule has 0 bridgehead atoms. The Morgan fingerprint density at radius 1 is 1.32 bits per heavy atom. The molecule has 0 aliphatic carbocycles. The van der Waals surface area contributed by atoms with E-state index in [0.29, 0.717) is 18.5 Å². The predicted molar refractivity (Wildman–Crippen MR) is 72.6 cm³/mol. The summed E-state index contributed by atoms with van der Waals surface area (Å²) >= 11 is 0. The quantitative estimate of drug-likeness (QED) is 0.645. The molecule has 5 nitrogen and oxygen atoms in total. The number of imide groups is 1. The van der Waals surface area contributed by atoms with Crippen LogP contribution in [-0.2, 0) is 9.59 Å². The SMILES string of the molecule is CCC1(CC)CC(=O)N(c2ccc(O)cc2N)C1=O. The molecule has 0 aromatic heterocycles. The zero-order valence-electron chi connectivity index (χ0n) is 11.1. The summed E-state index contributed by atoms with van der Waals surface area (Å²) in [5, 5.41) is 9.34. The first-order chi connectivity index (χ1) is 8.95. The number of carbonyl (C=O) groups is 2. The van der Waals surface area contributed by atoms with Crippen LogP contribution in [0.3, 0.4) is 0 Å². The van der Waals surface area contributed by atoms with Crippen molar-refractivity contribution >= 4 is 23.2 Å². The van der Waals surface area contributed by atoms with E-state index in [-0.39, 0.29) is 29.7 Å². The number of nitrogens with two attached hydrogens (primary N) is 1. The molecule has 0 saturated carbocycles. The molecule has 1 aromatic rings. The summed E-state index contributed by atoms with van der Waals surface area (Å²) in [6.07, 6.45) is 1.48. The third kappa shape index (κ3) is 1.95. The highest BCUT2D eigenvalue weighted by Gasteiger charge is 2.50. The zero-order valence-corrected chi connectivity index (χ0v) is 11.1. The van der Waals surface area contributed by atoms with Gasteiger partial charge in [0, 0.05) is 12.5 Å². The third-order valence-corrected chi connectivity index (χ3v) is 4.00. The lowest BCUT2D eigenvalue weighted by atomic mass is 9.81. The Hall–Kier alpha value is -2.04. The fourth-order valence-corrected chi connectivity index (χ4v) is 2.59. The number of nitrogen functional groups attached to an aromatic ring is 1. The smallest absolute Gasteiger partial charge is 0.240 e. The van der Waals surface area contributed by atoms with Gasteiger partial charge in [-0.25, -0.2) is 4.90 Å². The van der Waals surface area contributed by atoms with Crippen LogP contribution >= 0.6 is 0 Å². The highest BCUT2D eigenvalue weighted by atomic mass is 16.3. The summed E-state index contributed by atoms with van der Waals surface area (Å²) in [6, 6.07) is 4.26. The molecule has 0 atom stereocenters. The lowest BCUT2D eigenvalue weighted by molar-refractivity contribution is -0.126. The van der Waals surface area contributed by atoms with Crippen molar-refractivity contribution in [3.05, 3.63) is 18.2 Å². The van der Waals surface area contributed by atoms with Crippen molar-refractivity contribution in [3.8, 4) is 5.75 Å². The van der Waals surface area contributed by atoms with Crippen LogP contribution in [0.5, 0.6) is 5.75 Å². The maximum absolute atomic E-state index is 12.5. The lowest BCUT2D eigenvalue weighted by Crippen LogP contribution is -2.35. The van der Waals surface area contributed by atoms with Crippen LogP contribution in [0.2, 0.25) is 0 Å². The average molecular weight is 262 g/mol. The number of phenols is 1. The van der Waals surface area contributed by atoms with Crippen molar-refractivity contribution in [2.75, 3.05) is 10.6 Å². The van der Waals surface area contributed by atoms with E-state index in [0.717, 1.165) is 4.90 Å². The Morgan fingerprint density at radius 3 is 2.42 bits per heavy atom. The van der Waals surface area contributed by atoms with Gasteiger partial charge in [0.25, 0.3) is 0 Å². The Labute approximate surface area is 112 Å². The minimum absolute atomic E-state index is 0.0117. The molecule has 3 N–H and O–H groups in total. The van der Waals surface area contributed by atoms with E-state index < -0.39 is 5.41 Å². The second kappa shape index (κ2) is 4.57. The molecular weight excluding hydrogens is 244 g/mol. The molecule has 19 heavy (non-hydrogen) atoms. The maximum Gasteiger partial charge on any atom is 0.240 e. The molecule has 2 rings (SSSR count). The van der Waals surface area contributed by atoms with Crippen molar-refractivity contribution in [1.29, 1.82) is 0 Å². The van der Waals surface area contributed by atoms with Gasteiger partial charge in [0.2, 0.25) is 11.8 Å². The normalized spacial score (nSPS) is 18.1. The topological polar surface area (TPSA) is 83.6 Å². The van der Waals surface area contributed by atoms with Crippen LogP contribution in [0.15, 0.2) is 18.2 Å². The molecule has 2 amide bonds. The first kappa shape index (κ1) is 13.4. The van der Waals surface area contributed by atoms with Crippen LogP contribution < -0.4 is 10.6 Å². The van der Waals surface area contributed by atoms with Crippen LogP contribution in [0.25, 0.3) is 0 Å². The maximum atomic E-state index is 12.5. The molecule has 1 aliphatic heterocycles. The van der Waals surface area contributed by atoms with Gasteiger partial charge in [0.05, 0.1) is 16.8 Å². The van der Waals surface area contributed by atoms with Crippen LogP contribution in [0.4, 0.5) is 11.4 Å². The minimum Gasteiger partial charge on any atom is -0.508 e. The van der Waals surface area contributed by atoms with Gasteiger partial charge < -0.3 is 10.8 Å². The number of phenolic OH excluding ortho intramolecular Hbond substituents is 1. The van der Waals surface area contributed by atoms with Gasteiger partial charge in [0.1, 0.15) is 5.75 Å². The Bertz CT molecular complexity index is 535. The largest absolute Gasteiger partial charge is 0.508 e. The van der Waals surface area contributed by atoms with Gasteiger partial charge in [-0.3, -0.25) is 9.59 Å². The van der Waals surface area contributed by atoms with Gasteiger partial charge in [-0.15, -0.1) is 0 Å². The molecule has 1 saturated heterocycles. The second-order valence-electron chi connectivity index (χ2n) is 4.94. The van der Waals surface area contributed by atoms with Crippen molar-refractivity contribution in [2.45, 2.75) is 33.1 Å². The van der Waals surface area contributed by atoms with Gasteiger partial charge >= 0.3 is 0 Å². The number of nitrogens with zero attached hydrogens (tertiary/aromatic N) is 1. The summed E-state index contributed by atoms with van der Waals surface area (Å²) in [7, 11) is 0. The van der Waals surface area contributed by atoms with Crippen LogP contribution in [0, 0.1) is 5.41 Å². The van der Waals surface area contributed by atoms with E-state index in [1.807, 2.05) is 13.8 Å². The van der Waals surface area contributed by atoms with Crippen LogP contribution in [-0.4, -0.2) is 16.9 Å². The van der Waals surface area contributed by atoms with Crippen molar-refractivity contribution in [1.82, 2.24) is 0 Å². The van der Waals surface area contributed by atoms with Gasteiger partial charge in [-0.05, 0) is 25.0 Å². The summed E-state index contributed by atoms with van der Waals surface area (Å²) in [4.78, 5) is 25.8. The standard InChI is InChI=1S/C14H18N2O3/c1-3-14(4-2)8-12(18)16(13(14)19)11-6-5-9(17)7-10(11)15/h5-7,17H,3-4,8,15H2,1-2H3. The molecule has 102 valence electrons. The van der Waals surface area contributed by atoms with E-state index in [1.54, 1.807) is 0 Å². The summed E-state index contributed by atoms with van der Waals surface area (Å²) in [6.45, 7) is 3.83. The molecule has 0 unspecified atom stereocenters. The molecule has 5 heteroatoms. The van der Waals surface area contributed by atoms with Gasteiger partial charge in [-0.2, -0.15) is 0 Å². The molecule has 1 heterocycles. The lowest BCUT2D eigenvalue weighted by Gasteiger charge is -2.24. The third-order valence-electron chi connectivity index (χ3n) is 4.00. The molecule has 1 aliphatic rings. The first-order valence-corrected chi connectivity index (χ1v) is 6.41. The van der Waals surface area contributed by atoms with E-state index in [2.05, 4.69) is 0 Å². The number of benzene rings is 1. The number of hydrogen-bond acceptors (Lipinski definition) is 4. The summed E-state index contributed by atoms with van der Waals surface area (Å²) < 4.78 is 0. The molecule has 0 spiro atoms. The summed E-state index contributed by atoms with van der Waals surface area (Å²) in [5.74, 6) is -0.413. The molecule has 0 radical (unpaired) electrons. The molecule has 1 fully saturated rings. The minimum atomic E-state index is -0.610. The average Bonchev–Trinajstić information content (AvgIpc) is 2.62. The Kier molecular flexibility index (Phi) is 3.22. The van der Waals surface area contributed by atoms with Crippen molar-refractivity contribution in [2.24, 2.45) is 5.41 Å². The van der Waals surface area contributed by atoms with Crippen molar-refractivity contribution < 1.29 is 14.7 Å². The van der Waals surface area contributed by atoms with E-state index in [9.17, 15) is 14.7 Å². The number of carbonyl (C=O) groups excluding carboxylic acids is 2. The number of hydrogen-bond donors (Lipinski definition) is 2. The predicted octanol–water partition coefficient (Wildman–Crippen LogP) is 2.04. The number of amides is 2. The first-order valence-electron chi connectivity index (χ1n) is 6.41. The highest BCUT2D eigenvalue weighted by Crippen LogP contribution is 2.42. The Morgan fingerprint density at radius 2 is 1.95 bits per heavy atom. The number of rotatable bonds is 3. The molecule has 1 aromatic carbocycles. The fourth-order valence-electron chi connectivity index (χ4n) is 2.59. The fraction of sp³-hybridized carbons (Fsp3) is 0.429. The second-order valence-corrected chi connectivity index (χ2v) is 4.94. The highest BCUT2D eigenvalue weighted by molar-refractivity contribution is 6.23. The zero-order chi connectivity index (χ0) is 14.2. The molecular formula is C14H18N2O3. The Balaban J connectivity index is 2.46. The van der Waals surface area contributed by atoms with Gasteiger partial charge in [0.15, 0.2) is 0 Å². The van der Waals surface area contributed by atoms with Crippen LogP contribution in [0.1, 0.15) is 33.1 Å².